The lowest BCUT2D eigenvalue weighted by atomic mass is 10.0. The van der Waals surface area contributed by atoms with Crippen LogP contribution in [0.2, 0.25) is 0 Å². The molecule has 1 aromatic rings. The molecule has 1 unspecified atom stereocenters. The van der Waals surface area contributed by atoms with Crippen LogP contribution >= 0.6 is 11.8 Å². The van der Waals surface area contributed by atoms with Crippen LogP contribution in [0.4, 0.5) is 0 Å². The van der Waals surface area contributed by atoms with Crippen molar-refractivity contribution in [1.82, 2.24) is 0 Å². The maximum Gasteiger partial charge on any atom is 0.319 e. The van der Waals surface area contributed by atoms with Gasteiger partial charge in [-0.3, -0.25) is 4.79 Å². The van der Waals surface area contributed by atoms with Gasteiger partial charge in [-0.25, -0.2) is 0 Å². The highest BCUT2D eigenvalue weighted by Crippen LogP contribution is 2.27. The quantitative estimate of drug-likeness (QED) is 0.569. The zero-order valence-corrected chi connectivity index (χ0v) is 12.4. The fourth-order valence-electron chi connectivity index (χ4n) is 1.63. The number of rotatable bonds is 6. The van der Waals surface area contributed by atoms with Crippen LogP contribution < -0.4 is 0 Å². The molecule has 2 nitrogen and oxygen atoms in total. The van der Waals surface area contributed by atoms with Crippen molar-refractivity contribution in [3.05, 3.63) is 29.8 Å². The molecule has 100 valence electrons. The molecule has 0 heterocycles. The largest absolute Gasteiger partial charge is 0.465 e. The van der Waals surface area contributed by atoms with Gasteiger partial charge in [-0.15, -0.1) is 11.8 Å². The van der Waals surface area contributed by atoms with Crippen LogP contribution in [0.1, 0.15) is 45.6 Å². The molecule has 0 aliphatic carbocycles. The first-order valence-electron chi connectivity index (χ1n) is 6.51. The lowest BCUT2D eigenvalue weighted by molar-refractivity contribution is -0.142. The first kappa shape index (κ1) is 15.1. The molecule has 0 amide bonds. The van der Waals surface area contributed by atoms with Crippen LogP contribution in [0.3, 0.4) is 0 Å². The van der Waals surface area contributed by atoms with E-state index in [0.717, 1.165) is 11.3 Å². The zero-order valence-electron chi connectivity index (χ0n) is 11.6. The second-order valence-electron chi connectivity index (χ2n) is 4.49. The molecule has 0 saturated carbocycles. The summed E-state index contributed by atoms with van der Waals surface area (Å²) in [5, 5.41) is -0.102. The van der Waals surface area contributed by atoms with E-state index in [0.29, 0.717) is 12.5 Å². The third-order valence-electron chi connectivity index (χ3n) is 2.75. The smallest absolute Gasteiger partial charge is 0.319 e. The van der Waals surface area contributed by atoms with Gasteiger partial charge in [0.15, 0.2) is 0 Å². The number of carbonyl (C=O) groups is 1. The van der Waals surface area contributed by atoms with Crippen LogP contribution in [-0.4, -0.2) is 17.8 Å². The number of carbonyl (C=O) groups excluding carboxylic acids is 1. The van der Waals surface area contributed by atoms with E-state index in [-0.39, 0.29) is 11.2 Å². The molecule has 0 spiro atoms. The number of esters is 1. The van der Waals surface area contributed by atoms with Gasteiger partial charge in [-0.05, 0) is 37.0 Å². The third-order valence-corrected chi connectivity index (χ3v) is 4.10. The molecule has 0 fully saturated rings. The van der Waals surface area contributed by atoms with Crippen LogP contribution in [0.15, 0.2) is 29.2 Å². The molecule has 0 aliphatic rings. The van der Waals surface area contributed by atoms with E-state index in [1.165, 1.54) is 5.56 Å². The molecule has 0 aliphatic heterocycles. The van der Waals surface area contributed by atoms with E-state index in [9.17, 15) is 4.79 Å². The Balaban J connectivity index is 2.67. The highest BCUT2D eigenvalue weighted by molar-refractivity contribution is 8.00. The minimum Gasteiger partial charge on any atom is -0.465 e. The second-order valence-corrected chi connectivity index (χ2v) is 5.77. The Labute approximate surface area is 114 Å². The van der Waals surface area contributed by atoms with E-state index >= 15 is 0 Å². The van der Waals surface area contributed by atoms with Gasteiger partial charge in [0, 0.05) is 4.90 Å². The van der Waals surface area contributed by atoms with Gasteiger partial charge in [-0.1, -0.05) is 32.9 Å². The molecule has 3 heteroatoms. The predicted molar refractivity (Wildman–Crippen MR) is 77.1 cm³/mol. The zero-order chi connectivity index (χ0) is 13.5. The Bertz CT molecular complexity index is 371. The van der Waals surface area contributed by atoms with Crippen LogP contribution in [-0.2, 0) is 9.53 Å². The standard InChI is InChI=1S/C15H22O2S/c1-5-14(15(16)17-6-2)18-13-9-7-12(8-10-13)11(3)4/h7-11,14H,5-6H2,1-4H3. The van der Waals surface area contributed by atoms with Gasteiger partial charge in [0.25, 0.3) is 0 Å². The number of thioether (sulfide) groups is 1. The van der Waals surface area contributed by atoms with Crippen molar-refractivity contribution in [2.45, 2.75) is 50.2 Å². The summed E-state index contributed by atoms with van der Waals surface area (Å²) in [5.74, 6) is 0.425. The lowest BCUT2D eigenvalue weighted by Gasteiger charge is -2.13. The average molecular weight is 266 g/mol. The topological polar surface area (TPSA) is 26.3 Å². The fourth-order valence-corrected chi connectivity index (χ4v) is 2.58. The van der Waals surface area contributed by atoms with Gasteiger partial charge in [-0.2, -0.15) is 0 Å². The SMILES string of the molecule is CCOC(=O)C(CC)Sc1ccc(C(C)C)cc1. The number of hydrogen-bond donors (Lipinski definition) is 0. The van der Waals surface area contributed by atoms with E-state index in [1.54, 1.807) is 11.8 Å². The first-order valence-corrected chi connectivity index (χ1v) is 7.39. The van der Waals surface area contributed by atoms with E-state index in [2.05, 4.69) is 38.1 Å². The number of benzene rings is 1. The van der Waals surface area contributed by atoms with E-state index in [4.69, 9.17) is 4.74 Å². The van der Waals surface area contributed by atoms with Crippen molar-refractivity contribution < 1.29 is 9.53 Å². The molecular weight excluding hydrogens is 244 g/mol. The summed E-state index contributed by atoms with van der Waals surface area (Å²) in [7, 11) is 0. The second kappa shape index (κ2) is 7.47. The fraction of sp³-hybridized carbons (Fsp3) is 0.533. The highest BCUT2D eigenvalue weighted by atomic mass is 32.2. The average Bonchev–Trinajstić information content (AvgIpc) is 2.36. The molecule has 0 saturated heterocycles. The van der Waals surface area contributed by atoms with Crippen molar-refractivity contribution in [3.8, 4) is 0 Å². The van der Waals surface area contributed by atoms with Crippen LogP contribution in [0.5, 0.6) is 0 Å². The molecule has 18 heavy (non-hydrogen) atoms. The van der Waals surface area contributed by atoms with Crippen molar-refractivity contribution in [2.75, 3.05) is 6.61 Å². The minimum atomic E-state index is -0.113. The molecule has 0 aromatic heterocycles. The summed E-state index contributed by atoms with van der Waals surface area (Å²) in [5.41, 5.74) is 1.32. The molecule has 0 radical (unpaired) electrons. The summed E-state index contributed by atoms with van der Waals surface area (Å²) in [6, 6.07) is 8.43. The predicted octanol–water partition coefficient (Wildman–Crippen LogP) is 4.24. The van der Waals surface area contributed by atoms with Gasteiger partial charge >= 0.3 is 5.97 Å². The lowest BCUT2D eigenvalue weighted by Crippen LogP contribution is -2.19. The third kappa shape index (κ3) is 4.37. The van der Waals surface area contributed by atoms with Gasteiger partial charge < -0.3 is 4.74 Å². The summed E-state index contributed by atoms with van der Waals surface area (Å²) in [4.78, 5) is 12.8. The van der Waals surface area contributed by atoms with Crippen molar-refractivity contribution in [1.29, 1.82) is 0 Å². The molecule has 0 bridgehead atoms. The maximum atomic E-state index is 11.7. The van der Waals surface area contributed by atoms with Crippen LogP contribution in [0, 0.1) is 0 Å². The molecule has 1 atom stereocenters. The molecular formula is C15H22O2S. The Morgan fingerprint density at radius 3 is 2.28 bits per heavy atom. The Hall–Kier alpha value is -0.960. The van der Waals surface area contributed by atoms with E-state index < -0.39 is 0 Å². The summed E-state index contributed by atoms with van der Waals surface area (Å²) < 4.78 is 5.07. The maximum absolute atomic E-state index is 11.7. The molecule has 1 rings (SSSR count). The normalized spacial score (nSPS) is 12.5. The van der Waals surface area contributed by atoms with Crippen molar-refractivity contribution >= 4 is 17.7 Å². The summed E-state index contributed by atoms with van der Waals surface area (Å²) in [6.07, 6.45) is 0.787. The summed E-state index contributed by atoms with van der Waals surface area (Å²) in [6.45, 7) is 8.65. The Kier molecular flexibility index (Phi) is 6.27. The highest BCUT2D eigenvalue weighted by Gasteiger charge is 2.18. The Morgan fingerprint density at radius 1 is 1.22 bits per heavy atom. The molecule has 1 aromatic carbocycles. The van der Waals surface area contributed by atoms with Crippen LogP contribution in [0.25, 0.3) is 0 Å². The van der Waals surface area contributed by atoms with Crippen molar-refractivity contribution in [2.24, 2.45) is 0 Å². The first-order chi connectivity index (χ1) is 8.58. The van der Waals surface area contributed by atoms with E-state index in [1.807, 2.05) is 13.8 Å². The number of hydrogen-bond acceptors (Lipinski definition) is 3. The van der Waals surface area contributed by atoms with Gasteiger partial charge in [0.2, 0.25) is 0 Å². The van der Waals surface area contributed by atoms with Gasteiger partial charge in [0.1, 0.15) is 5.25 Å². The number of ether oxygens (including phenoxy) is 1. The summed E-state index contributed by atoms with van der Waals surface area (Å²) >= 11 is 1.58. The minimum absolute atomic E-state index is 0.102. The van der Waals surface area contributed by atoms with Crippen molar-refractivity contribution in [3.63, 3.8) is 0 Å². The Morgan fingerprint density at radius 2 is 1.83 bits per heavy atom. The monoisotopic (exact) mass is 266 g/mol. The molecule has 0 N–H and O–H groups in total. The van der Waals surface area contributed by atoms with Gasteiger partial charge in [0.05, 0.1) is 6.61 Å².